The predicted octanol–water partition coefficient (Wildman–Crippen LogP) is 3.68. The Kier molecular flexibility index (Phi) is 8.11. The van der Waals surface area contributed by atoms with Crippen molar-refractivity contribution in [3.05, 3.63) is 88.2 Å². The fraction of sp³-hybridized carbons (Fsp3) is 0.310. The first kappa shape index (κ1) is 26.2. The number of carboxylic acids is 1. The Bertz CT molecular complexity index is 1290. The molecule has 8 nitrogen and oxygen atoms in total. The largest absolute Gasteiger partial charge is 0.478 e. The molecule has 0 radical (unpaired) electrons. The molecule has 0 fully saturated rings. The van der Waals surface area contributed by atoms with Crippen molar-refractivity contribution >= 4 is 23.1 Å². The molecule has 0 spiro atoms. The van der Waals surface area contributed by atoms with Crippen LogP contribution in [0, 0.1) is 11.8 Å². The van der Waals surface area contributed by atoms with Gasteiger partial charge in [-0.2, -0.15) is 0 Å². The maximum atomic E-state index is 12.9. The Morgan fingerprint density at radius 2 is 1.78 bits per heavy atom. The van der Waals surface area contributed by atoms with Crippen molar-refractivity contribution in [3.63, 3.8) is 0 Å². The third-order valence-corrected chi connectivity index (χ3v) is 6.78. The third-order valence-electron chi connectivity index (χ3n) is 6.78. The van der Waals surface area contributed by atoms with E-state index in [2.05, 4.69) is 5.32 Å². The summed E-state index contributed by atoms with van der Waals surface area (Å²) in [6.45, 7) is 3.66. The minimum Gasteiger partial charge on any atom is -0.478 e. The Morgan fingerprint density at radius 1 is 1.05 bits per heavy atom. The Morgan fingerprint density at radius 3 is 2.49 bits per heavy atom. The van der Waals surface area contributed by atoms with Crippen molar-refractivity contribution in [1.82, 2.24) is 5.32 Å². The fourth-order valence-corrected chi connectivity index (χ4v) is 4.87. The number of nitrogens with two attached hydrogens (primary N) is 3. The van der Waals surface area contributed by atoms with Crippen LogP contribution >= 0.6 is 0 Å². The van der Waals surface area contributed by atoms with E-state index in [0.29, 0.717) is 48.3 Å². The van der Waals surface area contributed by atoms with Gasteiger partial charge in [-0.1, -0.05) is 25.1 Å². The minimum absolute atomic E-state index is 0.0373. The first-order valence-corrected chi connectivity index (χ1v) is 12.6. The molecular weight excluding hydrogens is 468 g/mol. The molecule has 4 rings (SSSR count). The molecule has 2 aromatic carbocycles. The van der Waals surface area contributed by atoms with Crippen LogP contribution in [0.4, 0.5) is 5.69 Å². The van der Waals surface area contributed by atoms with Crippen LogP contribution in [-0.4, -0.2) is 36.6 Å². The zero-order valence-corrected chi connectivity index (χ0v) is 21.0. The van der Waals surface area contributed by atoms with E-state index >= 15 is 0 Å². The Labute approximate surface area is 216 Å². The standard InChI is InChI=1S/C29H34N4O4/c1-17-2-5-22-25(14-17)37-26-16-20(32)4-7-23(26)27(22)21-6-3-19(15-24(21)29(35)36)28(34)33-13-10-18(8-11-30)9-12-31/h2-7,14-18H,8-13,30-32H2,1H3,(H,33,34)(H,35,36). The van der Waals surface area contributed by atoms with Gasteiger partial charge in [0, 0.05) is 40.6 Å². The summed E-state index contributed by atoms with van der Waals surface area (Å²) in [5.74, 6) is 0.295. The molecule has 0 aromatic heterocycles. The zero-order chi connectivity index (χ0) is 26.5. The lowest BCUT2D eigenvalue weighted by atomic mass is 9.84. The third kappa shape index (κ3) is 5.76. The molecule has 1 aliphatic carbocycles. The topological polar surface area (TPSA) is 154 Å². The zero-order valence-electron chi connectivity index (χ0n) is 21.0. The monoisotopic (exact) mass is 502 g/mol. The van der Waals surface area contributed by atoms with Crippen LogP contribution in [0.3, 0.4) is 0 Å². The van der Waals surface area contributed by atoms with Gasteiger partial charge in [-0.05, 0) is 80.1 Å². The van der Waals surface area contributed by atoms with E-state index in [1.165, 1.54) is 6.07 Å². The number of hydrogen-bond acceptors (Lipinski definition) is 6. The van der Waals surface area contributed by atoms with E-state index in [-0.39, 0.29) is 23.0 Å². The smallest absolute Gasteiger partial charge is 0.336 e. The SMILES string of the molecule is CC1C=CC2=C(c3ccc(C(=O)NCCC(CCN)CCN)cc3C(=O)O)c3ccc(N)cc3OC2=C1. The molecule has 0 saturated heterocycles. The van der Waals surface area contributed by atoms with Gasteiger partial charge in [0.15, 0.2) is 0 Å². The summed E-state index contributed by atoms with van der Waals surface area (Å²) < 4.78 is 6.14. The normalized spacial score (nSPS) is 16.1. The number of nitrogens with one attached hydrogen (secondary N) is 1. The van der Waals surface area contributed by atoms with Crippen molar-refractivity contribution in [2.75, 3.05) is 25.4 Å². The predicted molar refractivity (Wildman–Crippen MR) is 145 cm³/mol. The number of carboxylic acid groups (broad SMARTS) is 1. The summed E-state index contributed by atoms with van der Waals surface area (Å²) in [6.07, 6.45) is 8.45. The summed E-state index contributed by atoms with van der Waals surface area (Å²) in [6, 6.07) is 10.1. The quantitative estimate of drug-likeness (QED) is 0.311. The molecule has 2 aromatic rings. The number of allylic oxidation sites excluding steroid dienone is 3. The van der Waals surface area contributed by atoms with Gasteiger partial charge in [0.1, 0.15) is 11.5 Å². The molecular formula is C29H34N4O4. The molecule has 2 aliphatic rings. The number of nitrogen functional groups attached to an aromatic ring is 1. The molecule has 8 N–H and O–H groups in total. The number of benzene rings is 2. The Balaban J connectivity index is 1.68. The van der Waals surface area contributed by atoms with E-state index in [9.17, 15) is 14.7 Å². The van der Waals surface area contributed by atoms with Gasteiger partial charge in [-0.25, -0.2) is 4.79 Å². The second-order valence-electron chi connectivity index (χ2n) is 9.53. The number of carbonyl (C=O) groups is 2. The van der Waals surface area contributed by atoms with Crippen LogP contribution in [0.5, 0.6) is 5.75 Å². The second-order valence-corrected chi connectivity index (χ2v) is 9.53. The molecule has 37 heavy (non-hydrogen) atoms. The average Bonchev–Trinajstić information content (AvgIpc) is 2.87. The van der Waals surface area contributed by atoms with Crippen LogP contribution in [0.15, 0.2) is 66.0 Å². The van der Waals surface area contributed by atoms with Gasteiger partial charge in [0.2, 0.25) is 0 Å². The number of anilines is 1. The van der Waals surface area contributed by atoms with Crippen molar-refractivity contribution < 1.29 is 19.4 Å². The molecule has 1 aliphatic heterocycles. The molecule has 0 bridgehead atoms. The highest BCUT2D eigenvalue weighted by Crippen LogP contribution is 2.45. The van der Waals surface area contributed by atoms with Gasteiger partial charge >= 0.3 is 5.97 Å². The lowest BCUT2D eigenvalue weighted by Crippen LogP contribution is -2.27. The lowest BCUT2D eigenvalue weighted by Gasteiger charge is -2.28. The van der Waals surface area contributed by atoms with E-state index in [0.717, 1.165) is 36.0 Å². The summed E-state index contributed by atoms with van der Waals surface area (Å²) in [7, 11) is 0. The number of ether oxygens (including phenoxy) is 1. The minimum atomic E-state index is -1.12. The van der Waals surface area contributed by atoms with Crippen molar-refractivity contribution in [2.24, 2.45) is 23.3 Å². The van der Waals surface area contributed by atoms with Gasteiger partial charge < -0.3 is 32.4 Å². The number of carbonyl (C=O) groups excluding carboxylic acids is 1. The van der Waals surface area contributed by atoms with Crippen molar-refractivity contribution in [1.29, 1.82) is 0 Å². The number of amides is 1. The lowest BCUT2D eigenvalue weighted by molar-refractivity contribution is 0.0696. The average molecular weight is 503 g/mol. The number of hydrogen-bond donors (Lipinski definition) is 5. The summed E-state index contributed by atoms with van der Waals surface area (Å²) >= 11 is 0. The van der Waals surface area contributed by atoms with E-state index in [1.54, 1.807) is 24.3 Å². The van der Waals surface area contributed by atoms with Crippen LogP contribution in [0.2, 0.25) is 0 Å². The maximum Gasteiger partial charge on any atom is 0.336 e. The molecule has 1 heterocycles. The van der Waals surface area contributed by atoms with Crippen LogP contribution in [-0.2, 0) is 0 Å². The number of fused-ring (bicyclic) bond motifs is 2. The van der Waals surface area contributed by atoms with E-state index in [4.69, 9.17) is 21.9 Å². The van der Waals surface area contributed by atoms with Crippen LogP contribution < -0.4 is 27.3 Å². The van der Waals surface area contributed by atoms with E-state index < -0.39 is 5.97 Å². The first-order chi connectivity index (χ1) is 17.8. The highest BCUT2D eigenvalue weighted by atomic mass is 16.5. The molecule has 0 saturated carbocycles. The maximum absolute atomic E-state index is 12.9. The summed E-state index contributed by atoms with van der Waals surface area (Å²) in [5, 5.41) is 13.0. The highest BCUT2D eigenvalue weighted by Gasteiger charge is 2.29. The summed E-state index contributed by atoms with van der Waals surface area (Å²) in [5.41, 5.74) is 21.0. The number of aromatic carboxylic acids is 1. The van der Waals surface area contributed by atoms with Gasteiger partial charge in [-0.3, -0.25) is 4.79 Å². The molecule has 1 atom stereocenters. The van der Waals surface area contributed by atoms with Gasteiger partial charge in [-0.15, -0.1) is 0 Å². The molecule has 1 amide bonds. The second kappa shape index (κ2) is 11.5. The first-order valence-electron chi connectivity index (χ1n) is 12.6. The molecule has 1 unspecified atom stereocenters. The van der Waals surface area contributed by atoms with Gasteiger partial charge in [0.25, 0.3) is 5.91 Å². The van der Waals surface area contributed by atoms with E-state index in [1.807, 2.05) is 31.2 Å². The Hall–Kier alpha value is -3.88. The van der Waals surface area contributed by atoms with Crippen LogP contribution in [0.1, 0.15) is 58.0 Å². The fourth-order valence-electron chi connectivity index (χ4n) is 4.87. The molecule has 8 heteroatoms. The summed E-state index contributed by atoms with van der Waals surface area (Å²) in [4.78, 5) is 25.3. The number of rotatable bonds is 10. The van der Waals surface area contributed by atoms with Gasteiger partial charge in [0.05, 0.1) is 5.56 Å². The molecule has 194 valence electrons. The van der Waals surface area contributed by atoms with Crippen LogP contribution in [0.25, 0.3) is 5.57 Å². The highest BCUT2D eigenvalue weighted by molar-refractivity contribution is 6.03. The van der Waals surface area contributed by atoms with Crippen molar-refractivity contribution in [3.8, 4) is 5.75 Å². The van der Waals surface area contributed by atoms with Crippen molar-refractivity contribution in [2.45, 2.75) is 26.2 Å².